The molecule has 0 aliphatic carbocycles. The van der Waals surface area contributed by atoms with Gasteiger partial charge in [-0.05, 0) is 24.6 Å². The molecule has 0 atom stereocenters. The van der Waals surface area contributed by atoms with E-state index >= 15 is 0 Å². The molecule has 0 aliphatic rings. The van der Waals surface area contributed by atoms with E-state index in [0.29, 0.717) is 6.54 Å². The second kappa shape index (κ2) is 5.51. The first-order chi connectivity index (χ1) is 6.65. The van der Waals surface area contributed by atoms with E-state index < -0.39 is 0 Å². The van der Waals surface area contributed by atoms with Gasteiger partial charge in [-0.25, -0.2) is 0 Å². The molecule has 0 spiro atoms. The molecule has 1 N–H and O–H groups in total. The van der Waals surface area contributed by atoms with E-state index in [1.54, 1.807) is 0 Å². The largest absolute Gasteiger partial charge is 0.351 e. The zero-order valence-electron chi connectivity index (χ0n) is 7.81. The Hall–Kier alpha value is -0.350. The number of amides is 1. The molecule has 2 nitrogen and oxygen atoms in total. The Morgan fingerprint density at radius 2 is 2.21 bits per heavy atom. The lowest BCUT2D eigenvalue weighted by atomic mass is 10.1. The van der Waals surface area contributed by atoms with Gasteiger partial charge in [0.05, 0.1) is 0 Å². The summed E-state index contributed by atoms with van der Waals surface area (Å²) in [6.07, 6.45) is 0. The van der Waals surface area contributed by atoms with Crippen molar-refractivity contribution in [2.45, 2.75) is 6.92 Å². The molecule has 0 radical (unpaired) electrons. The number of hydrogen-bond donors (Lipinski definition) is 1. The van der Waals surface area contributed by atoms with E-state index in [9.17, 15) is 4.79 Å². The summed E-state index contributed by atoms with van der Waals surface area (Å²) in [6, 6.07) is 5.68. The van der Waals surface area contributed by atoms with Gasteiger partial charge in [-0.1, -0.05) is 37.9 Å². The van der Waals surface area contributed by atoms with Crippen LogP contribution in [0.2, 0.25) is 0 Å². The quantitative estimate of drug-likeness (QED) is 0.852. The molecule has 0 aliphatic heterocycles. The summed E-state index contributed by atoms with van der Waals surface area (Å²) >= 11 is 6.60. The molecule has 1 amide bonds. The minimum absolute atomic E-state index is 0.0248. The first-order valence-electron chi connectivity index (χ1n) is 4.25. The molecule has 0 unspecified atom stereocenters. The topological polar surface area (TPSA) is 29.1 Å². The van der Waals surface area contributed by atoms with Crippen molar-refractivity contribution in [2.24, 2.45) is 0 Å². The van der Waals surface area contributed by atoms with Crippen molar-refractivity contribution in [3.63, 3.8) is 0 Å². The summed E-state index contributed by atoms with van der Waals surface area (Å²) in [5, 5.41) is 3.58. The van der Waals surface area contributed by atoms with E-state index in [1.807, 2.05) is 25.1 Å². The lowest BCUT2D eigenvalue weighted by Crippen LogP contribution is -2.25. The van der Waals surface area contributed by atoms with Gasteiger partial charge in [0, 0.05) is 21.9 Å². The smallest absolute Gasteiger partial charge is 0.251 e. The fourth-order valence-electron chi connectivity index (χ4n) is 1.09. The third kappa shape index (κ3) is 3.10. The van der Waals surface area contributed by atoms with Crippen LogP contribution in [0.1, 0.15) is 15.9 Å². The van der Waals surface area contributed by atoms with Crippen molar-refractivity contribution >= 4 is 37.8 Å². The van der Waals surface area contributed by atoms with Gasteiger partial charge < -0.3 is 5.32 Å². The van der Waals surface area contributed by atoms with E-state index in [-0.39, 0.29) is 5.91 Å². The maximum atomic E-state index is 11.6. The van der Waals surface area contributed by atoms with Crippen molar-refractivity contribution < 1.29 is 4.79 Å². The Balaban J connectivity index is 2.83. The highest BCUT2D eigenvalue weighted by atomic mass is 79.9. The molecule has 0 saturated carbocycles. The van der Waals surface area contributed by atoms with Crippen LogP contribution >= 0.6 is 31.9 Å². The number of hydrogen-bond acceptors (Lipinski definition) is 1. The molecule has 0 fully saturated rings. The standard InChI is InChI=1S/C10H11Br2NO/c1-7-2-3-8(12)6-9(7)10(14)13-5-4-11/h2-3,6H,4-5H2,1H3,(H,13,14). The molecule has 1 aromatic carbocycles. The van der Waals surface area contributed by atoms with Gasteiger partial charge in [-0.2, -0.15) is 0 Å². The van der Waals surface area contributed by atoms with Gasteiger partial charge in [-0.15, -0.1) is 0 Å². The molecule has 0 saturated heterocycles. The van der Waals surface area contributed by atoms with Crippen LogP contribution < -0.4 is 5.32 Å². The molecule has 0 bridgehead atoms. The van der Waals surface area contributed by atoms with Gasteiger partial charge in [0.25, 0.3) is 5.91 Å². The second-order valence-electron chi connectivity index (χ2n) is 2.90. The van der Waals surface area contributed by atoms with Crippen LogP contribution in [0, 0.1) is 6.92 Å². The third-order valence-corrected chi connectivity index (χ3v) is 2.71. The zero-order chi connectivity index (χ0) is 10.6. The number of benzene rings is 1. The minimum Gasteiger partial charge on any atom is -0.351 e. The van der Waals surface area contributed by atoms with E-state index in [2.05, 4.69) is 37.2 Å². The van der Waals surface area contributed by atoms with Crippen molar-refractivity contribution in [1.82, 2.24) is 5.32 Å². The lowest BCUT2D eigenvalue weighted by Gasteiger charge is -2.06. The fraction of sp³-hybridized carbons (Fsp3) is 0.300. The number of aryl methyl sites for hydroxylation is 1. The predicted molar refractivity (Wildman–Crippen MR) is 65.0 cm³/mol. The van der Waals surface area contributed by atoms with Gasteiger partial charge in [0.15, 0.2) is 0 Å². The highest BCUT2D eigenvalue weighted by Crippen LogP contribution is 2.15. The van der Waals surface area contributed by atoms with Crippen LogP contribution in [0.25, 0.3) is 0 Å². The van der Waals surface area contributed by atoms with E-state index in [1.165, 1.54) is 0 Å². The van der Waals surface area contributed by atoms with Gasteiger partial charge in [-0.3, -0.25) is 4.79 Å². The van der Waals surface area contributed by atoms with Crippen LogP contribution in [0.4, 0.5) is 0 Å². The molecule has 14 heavy (non-hydrogen) atoms. The van der Waals surface area contributed by atoms with Crippen LogP contribution in [-0.4, -0.2) is 17.8 Å². The van der Waals surface area contributed by atoms with Crippen LogP contribution in [0.5, 0.6) is 0 Å². The minimum atomic E-state index is -0.0248. The Kier molecular flexibility index (Phi) is 4.62. The number of alkyl halides is 1. The maximum absolute atomic E-state index is 11.6. The average Bonchev–Trinajstić information content (AvgIpc) is 2.18. The monoisotopic (exact) mass is 319 g/mol. The molecule has 1 aromatic rings. The van der Waals surface area contributed by atoms with Gasteiger partial charge in [0.2, 0.25) is 0 Å². The Morgan fingerprint density at radius 1 is 1.50 bits per heavy atom. The predicted octanol–water partition coefficient (Wildman–Crippen LogP) is 2.88. The summed E-state index contributed by atoms with van der Waals surface area (Å²) in [4.78, 5) is 11.6. The second-order valence-corrected chi connectivity index (χ2v) is 4.61. The number of carbonyl (C=O) groups is 1. The SMILES string of the molecule is Cc1ccc(Br)cc1C(=O)NCCBr. The number of nitrogens with one attached hydrogen (secondary N) is 1. The molecule has 1 rings (SSSR count). The molecular formula is C10H11Br2NO. The van der Waals surface area contributed by atoms with Crippen molar-refractivity contribution in [2.75, 3.05) is 11.9 Å². The highest BCUT2D eigenvalue weighted by Gasteiger charge is 2.07. The molecule has 4 heteroatoms. The molecule has 76 valence electrons. The first kappa shape index (κ1) is 11.7. The number of halogens is 2. The Labute approximate surface area is 100 Å². The average molecular weight is 321 g/mol. The highest BCUT2D eigenvalue weighted by molar-refractivity contribution is 9.10. The van der Waals surface area contributed by atoms with Crippen LogP contribution in [0.15, 0.2) is 22.7 Å². The summed E-state index contributed by atoms with van der Waals surface area (Å²) < 4.78 is 0.923. The third-order valence-electron chi connectivity index (χ3n) is 1.82. The van der Waals surface area contributed by atoms with Crippen LogP contribution in [-0.2, 0) is 0 Å². The van der Waals surface area contributed by atoms with E-state index in [4.69, 9.17) is 0 Å². The van der Waals surface area contributed by atoms with Crippen LogP contribution in [0.3, 0.4) is 0 Å². The summed E-state index contributed by atoms with van der Waals surface area (Å²) in [5.74, 6) is -0.0248. The van der Waals surface area contributed by atoms with Crippen molar-refractivity contribution in [3.8, 4) is 0 Å². The molecular weight excluding hydrogens is 310 g/mol. The van der Waals surface area contributed by atoms with Crippen molar-refractivity contribution in [1.29, 1.82) is 0 Å². The Morgan fingerprint density at radius 3 is 2.86 bits per heavy atom. The number of carbonyl (C=O) groups excluding carboxylic acids is 1. The van der Waals surface area contributed by atoms with Gasteiger partial charge >= 0.3 is 0 Å². The van der Waals surface area contributed by atoms with Gasteiger partial charge in [0.1, 0.15) is 0 Å². The summed E-state index contributed by atoms with van der Waals surface area (Å²) in [6.45, 7) is 2.57. The fourth-order valence-corrected chi connectivity index (χ4v) is 1.65. The number of rotatable bonds is 3. The lowest BCUT2D eigenvalue weighted by molar-refractivity contribution is 0.0955. The maximum Gasteiger partial charge on any atom is 0.251 e. The molecule has 0 aromatic heterocycles. The summed E-state index contributed by atoms with van der Waals surface area (Å²) in [7, 11) is 0. The van der Waals surface area contributed by atoms with Crippen molar-refractivity contribution in [3.05, 3.63) is 33.8 Å². The summed E-state index contributed by atoms with van der Waals surface area (Å²) in [5.41, 5.74) is 1.71. The first-order valence-corrected chi connectivity index (χ1v) is 6.17. The Bertz CT molecular complexity index is 339. The normalized spacial score (nSPS) is 9.93. The zero-order valence-corrected chi connectivity index (χ0v) is 11.0. The molecule has 0 heterocycles. The van der Waals surface area contributed by atoms with E-state index in [0.717, 1.165) is 20.9 Å².